The average molecular weight is 287 g/mol. The number of hydrogen-bond donors (Lipinski definition) is 1. The molecule has 1 aromatic carbocycles. The molecule has 2 heterocycles. The molecule has 0 fully saturated rings. The Morgan fingerprint density at radius 2 is 2.00 bits per heavy atom. The highest BCUT2D eigenvalue weighted by molar-refractivity contribution is 7.15. The molecule has 0 radical (unpaired) electrons. The first-order valence-electron chi connectivity index (χ1n) is 5.70. The van der Waals surface area contributed by atoms with Crippen LogP contribution < -0.4 is 4.74 Å². The van der Waals surface area contributed by atoms with Crippen molar-refractivity contribution in [3.63, 3.8) is 0 Å². The smallest absolute Gasteiger partial charge is 0.345 e. The van der Waals surface area contributed by atoms with Gasteiger partial charge in [-0.25, -0.2) is 9.48 Å². The number of hydrogen-bond acceptors (Lipinski definition) is 5. The summed E-state index contributed by atoms with van der Waals surface area (Å²) < 4.78 is 7.01. The lowest BCUT2D eigenvalue weighted by atomic mass is 10.3. The maximum Gasteiger partial charge on any atom is 0.345 e. The molecule has 2 aromatic heterocycles. The summed E-state index contributed by atoms with van der Waals surface area (Å²) in [6, 6.07) is 12.7. The standard InChI is InChI=1S/C13H9N3O3S/c17-12(18)10-6-7-11(20-10)19-13-14-8-16(15-13)9-4-2-1-3-5-9/h1-8H,(H,17,18). The first-order chi connectivity index (χ1) is 9.72. The molecule has 0 spiro atoms. The van der Waals surface area contributed by atoms with Crippen molar-refractivity contribution in [2.75, 3.05) is 0 Å². The van der Waals surface area contributed by atoms with E-state index in [0.29, 0.717) is 5.06 Å². The van der Waals surface area contributed by atoms with Gasteiger partial charge in [0.05, 0.1) is 5.69 Å². The molecule has 7 heteroatoms. The molecule has 0 saturated carbocycles. The lowest BCUT2D eigenvalue weighted by Crippen LogP contribution is -1.94. The summed E-state index contributed by atoms with van der Waals surface area (Å²) in [6.45, 7) is 0. The molecular formula is C13H9N3O3S. The minimum absolute atomic E-state index is 0.174. The van der Waals surface area contributed by atoms with E-state index in [4.69, 9.17) is 9.84 Å². The lowest BCUT2D eigenvalue weighted by molar-refractivity contribution is 0.0702. The number of rotatable bonds is 4. The predicted molar refractivity (Wildman–Crippen MR) is 72.7 cm³/mol. The topological polar surface area (TPSA) is 77.2 Å². The van der Waals surface area contributed by atoms with Gasteiger partial charge >= 0.3 is 12.0 Å². The molecule has 3 rings (SSSR count). The summed E-state index contributed by atoms with van der Waals surface area (Å²) in [6.07, 6.45) is 1.54. The highest BCUT2D eigenvalue weighted by Gasteiger charge is 2.10. The Morgan fingerprint density at radius 1 is 1.20 bits per heavy atom. The van der Waals surface area contributed by atoms with E-state index in [1.165, 1.54) is 12.4 Å². The van der Waals surface area contributed by atoms with Crippen LogP contribution in [0.15, 0.2) is 48.8 Å². The van der Waals surface area contributed by atoms with E-state index in [2.05, 4.69) is 10.1 Å². The van der Waals surface area contributed by atoms with Crippen LogP contribution in [-0.4, -0.2) is 25.8 Å². The van der Waals surface area contributed by atoms with Crippen LogP contribution in [0.2, 0.25) is 0 Å². The van der Waals surface area contributed by atoms with Crippen molar-refractivity contribution in [3.05, 3.63) is 53.7 Å². The fourth-order valence-corrected chi connectivity index (χ4v) is 2.27. The second-order valence-corrected chi connectivity index (χ2v) is 4.88. The third-order valence-corrected chi connectivity index (χ3v) is 3.43. The van der Waals surface area contributed by atoms with Gasteiger partial charge in [0.15, 0.2) is 5.06 Å². The number of carboxylic acids is 1. The Morgan fingerprint density at radius 3 is 2.70 bits per heavy atom. The van der Waals surface area contributed by atoms with E-state index >= 15 is 0 Å². The normalized spacial score (nSPS) is 10.4. The van der Waals surface area contributed by atoms with Gasteiger partial charge in [0.25, 0.3) is 0 Å². The summed E-state index contributed by atoms with van der Waals surface area (Å²) in [5.41, 5.74) is 0.868. The van der Waals surface area contributed by atoms with Crippen molar-refractivity contribution < 1.29 is 14.6 Å². The predicted octanol–water partition coefficient (Wildman–Crippen LogP) is 2.82. The van der Waals surface area contributed by atoms with E-state index in [0.717, 1.165) is 17.0 Å². The van der Waals surface area contributed by atoms with Gasteiger partial charge in [-0.2, -0.15) is 4.98 Å². The Hall–Kier alpha value is -2.67. The van der Waals surface area contributed by atoms with Crippen molar-refractivity contribution in [2.24, 2.45) is 0 Å². The summed E-state index contributed by atoms with van der Waals surface area (Å²) >= 11 is 1.03. The Labute approximate surface area is 117 Å². The molecule has 0 aliphatic rings. The highest BCUT2D eigenvalue weighted by atomic mass is 32.1. The van der Waals surface area contributed by atoms with Crippen LogP contribution in [0.1, 0.15) is 9.67 Å². The minimum atomic E-state index is -0.979. The zero-order chi connectivity index (χ0) is 13.9. The van der Waals surface area contributed by atoms with Gasteiger partial charge < -0.3 is 9.84 Å². The van der Waals surface area contributed by atoms with E-state index in [-0.39, 0.29) is 10.9 Å². The van der Waals surface area contributed by atoms with Crippen molar-refractivity contribution in [1.82, 2.24) is 14.8 Å². The van der Waals surface area contributed by atoms with Crippen LogP contribution in [0, 0.1) is 0 Å². The number of carboxylic acid groups (broad SMARTS) is 1. The zero-order valence-electron chi connectivity index (χ0n) is 10.1. The van der Waals surface area contributed by atoms with Crippen LogP contribution in [0.3, 0.4) is 0 Å². The number of carbonyl (C=O) groups is 1. The second-order valence-electron chi connectivity index (χ2n) is 3.83. The fourth-order valence-electron chi connectivity index (χ4n) is 1.58. The molecule has 0 aliphatic carbocycles. The van der Waals surface area contributed by atoms with Gasteiger partial charge in [0.2, 0.25) is 0 Å². The number of aromatic carboxylic acids is 1. The summed E-state index contributed by atoms with van der Waals surface area (Å²) in [5.74, 6) is -0.979. The third kappa shape index (κ3) is 2.52. The molecular weight excluding hydrogens is 278 g/mol. The van der Waals surface area contributed by atoms with E-state index < -0.39 is 5.97 Å². The Kier molecular flexibility index (Phi) is 3.18. The Balaban J connectivity index is 1.78. The van der Waals surface area contributed by atoms with E-state index in [1.54, 1.807) is 10.7 Å². The van der Waals surface area contributed by atoms with E-state index in [9.17, 15) is 4.79 Å². The molecule has 100 valence electrons. The first-order valence-corrected chi connectivity index (χ1v) is 6.52. The molecule has 0 aliphatic heterocycles. The molecule has 0 atom stereocenters. The van der Waals surface area contributed by atoms with E-state index in [1.807, 2.05) is 30.3 Å². The van der Waals surface area contributed by atoms with Gasteiger partial charge in [0, 0.05) is 0 Å². The van der Waals surface area contributed by atoms with Crippen LogP contribution >= 0.6 is 11.3 Å². The number of nitrogens with zero attached hydrogens (tertiary/aromatic N) is 3. The van der Waals surface area contributed by atoms with Crippen LogP contribution in [0.25, 0.3) is 5.69 Å². The van der Waals surface area contributed by atoms with Gasteiger partial charge in [0.1, 0.15) is 11.2 Å². The SMILES string of the molecule is O=C(O)c1ccc(Oc2ncn(-c3ccccc3)n2)s1. The average Bonchev–Trinajstić information content (AvgIpc) is 3.10. The summed E-state index contributed by atoms with van der Waals surface area (Å²) in [7, 11) is 0. The number of aromatic nitrogens is 3. The van der Waals surface area contributed by atoms with Gasteiger partial charge in [-0.05, 0) is 24.3 Å². The molecule has 3 aromatic rings. The molecule has 20 heavy (non-hydrogen) atoms. The molecule has 0 amide bonds. The molecule has 0 saturated heterocycles. The summed E-state index contributed by atoms with van der Waals surface area (Å²) in [4.78, 5) is 15.0. The largest absolute Gasteiger partial charge is 0.477 e. The quantitative estimate of drug-likeness (QED) is 0.798. The van der Waals surface area contributed by atoms with Crippen molar-refractivity contribution >= 4 is 17.3 Å². The number of para-hydroxylation sites is 1. The maximum absolute atomic E-state index is 10.8. The van der Waals surface area contributed by atoms with Gasteiger partial charge in [-0.15, -0.1) is 5.10 Å². The number of benzene rings is 1. The molecule has 6 nitrogen and oxygen atoms in total. The van der Waals surface area contributed by atoms with Gasteiger partial charge in [-0.3, -0.25) is 0 Å². The fraction of sp³-hybridized carbons (Fsp3) is 0. The van der Waals surface area contributed by atoms with Crippen LogP contribution in [0.4, 0.5) is 0 Å². The lowest BCUT2D eigenvalue weighted by Gasteiger charge is -1.98. The van der Waals surface area contributed by atoms with Crippen molar-refractivity contribution in [1.29, 1.82) is 0 Å². The van der Waals surface area contributed by atoms with Crippen LogP contribution in [-0.2, 0) is 0 Å². The second kappa shape index (κ2) is 5.14. The van der Waals surface area contributed by atoms with Crippen molar-refractivity contribution in [3.8, 4) is 16.8 Å². The maximum atomic E-state index is 10.8. The third-order valence-electron chi connectivity index (χ3n) is 2.48. The number of thiophene rings is 1. The van der Waals surface area contributed by atoms with Crippen molar-refractivity contribution in [2.45, 2.75) is 0 Å². The number of ether oxygens (including phenoxy) is 1. The summed E-state index contributed by atoms with van der Waals surface area (Å²) in [5, 5.41) is 13.4. The Bertz CT molecular complexity index is 736. The highest BCUT2D eigenvalue weighted by Crippen LogP contribution is 2.27. The first kappa shape index (κ1) is 12.4. The van der Waals surface area contributed by atoms with Crippen LogP contribution in [0.5, 0.6) is 11.1 Å². The molecule has 0 unspecified atom stereocenters. The monoisotopic (exact) mass is 287 g/mol. The zero-order valence-corrected chi connectivity index (χ0v) is 10.9. The molecule has 1 N–H and O–H groups in total. The molecule has 0 bridgehead atoms. The van der Waals surface area contributed by atoms with Gasteiger partial charge in [-0.1, -0.05) is 29.5 Å². The minimum Gasteiger partial charge on any atom is -0.477 e.